The van der Waals surface area contributed by atoms with E-state index in [0.717, 1.165) is 19.5 Å². The minimum atomic E-state index is 0.819. The summed E-state index contributed by atoms with van der Waals surface area (Å²) >= 11 is 0. The van der Waals surface area contributed by atoms with Crippen molar-refractivity contribution in [2.45, 2.75) is 39.5 Å². The second-order valence-corrected chi connectivity index (χ2v) is 2.28. The van der Waals surface area contributed by atoms with E-state index >= 15 is 0 Å². The molecule has 0 aliphatic heterocycles. The molecule has 0 bridgehead atoms. The maximum absolute atomic E-state index is 5.21. The first-order chi connectivity index (χ1) is 4.83. The van der Waals surface area contributed by atoms with Crippen LogP contribution in [0.1, 0.15) is 39.5 Å². The van der Waals surface area contributed by atoms with Gasteiger partial charge in [0, 0.05) is 0 Å². The van der Waals surface area contributed by atoms with Crippen molar-refractivity contribution in [1.82, 2.24) is 0 Å². The fraction of sp³-hybridized carbons (Fsp3) is 1.00. The van der Waals surface area contributed by atoms with E-state index in [9.17, 15) is 0 Å². The van der Waals surface area contributed by atoms with Crippen LogP contribution in [0, 0.1) is 0 Å². The van der Waals surface area contributed by atoms with E-state index in [1.807, 2.05) is 0 Å². The van der Waals surface area contributed by atoms with Gasteiger partial charge in [0.2, 0.25) is 0 Å². The molecule has 0 aromatic heterocycles. The Hall–Kier alpha value is -0.0800. The Morgan fingerprint density at radius 3 is 1.40 bits per heavy atom. The maximum atomic E-state index is 5.21. The highest BCUT2D eigenvalue weighted by atomic mass is 14.5. The van der Waals surface area contributed by atoms with Gasteiger partial charge in [-0.3, -0.25) is 0 Å². The Morgan fingerprint density at radius 1 is 0.800 bits per heavy atom. The Kier molecular flexibility index (Phi) is 20.1. The molecule has 0 rings (SSSR count). The molecule has 0 aliphatic carbocycles. The van der Waals surface area contributed by atoms with Crippen LogP contribution in [0.4, 0.5) is 0 Å². The van der Waals surface area contributed by atoms with Crippen molar-refractivity contribution in [3.63, 3.8) is 0 Å². The second-order valence-electron chi connectivity index (χ2n) is 2.28. The molecule has 0 spiro atoms. The van der Waals surface area contributed by atoms with E-state index in [-0.39, 0.29) is 0 Å². The SMILES string of the molecule is CCCCCN.CCCN. The fourth-order valence-corrected chi connectivity index (χ4v) is 0.394. The highest BCUT2D eigenvalue weighted by molar-refractivity contribution is 4.34. The lowest BCUT2D eigenvalue weighted by Crippen LogP contribution is -1.96. The predicted octanol–water partition coefficient (Wildman–Crippen LogP) is 1.49. The average molecular weight is 146 g/mol. The van der Waals surface area contributed by atoms with Crippen LogP contribution in [0.2, 0.25) is 0 Å². The molecule has 2 nitrogen and oxygen atoms in total. The quantitative estimate of drug-likeness (QED) is 0.590. The molecule has 10 heavy (non-hydrogen) atoms. The number of hydrogen-bond donors (Lipinski definition) is 2. The highest BCUT2D eigenvalue weighted by Gasteiger charge is 1.75. The third-order valence-corrected chi connectivity index (χ3v) is 1.10. The first kappa shape index (κ1) is 12.6. The maximum Gasteiger partial charge on any atom is -0.00773 e. The van der Waals surface area contributed by atoms with Crippen molar-refractivity contribution in [2.75, 3.05) is 13.1 Å². The summed E-state index contributed by atoms with van der Waals surface area (Å²) in [6.45, 7) is 5.91. The molecule has 0 unspecified atom stereocenters. The van der Waals surface area contributed by atoms with Gasteiger partial charge >= 0.3 is 0 Å². The molecular weight excluding hydrogens is 124 g/mol. The summed E-state index contributed by atoms with van der Waals surface area (Å²) in [5.74, 6) is 0. The third kappa shape index (κ3) is 24.7. The molecule has 0 saturated carbocycles. The van der Waals surface area contributed by atoms with Gasteiger partial charge in [0.05, 0.1) is 0 Å². The molecule has 0 atom stereocenters. The topological polar surface area (TPSA) is 52.0 Å². The van der Waals surface area contributed by atoms with Crippen molar-refractivity contribution in [3.8, 4) is 0 Å². The minimum absolute atomic E-state index is 0.819. The van der Waals surface area contributed by atoms with E-state index < -0.39 is 0 Å². The Morgan fingerprint density at radius 2 is 1.30 bits per heavy atom. The summed E-state index contributed by atoms with van der Waals surface area (Å²) in [6, 6.07) is 0. The lowest BCUT2D eigenvalue weighted by molar-refractivity contribution is 0.727. The monoisotopic (exact) mass is 146 g/mol. The van der Waals surface area contributed by atoms with Gasteiger partial charge in [0.1, 0.15) is 0 Å². The summed E-state index contributed by atoms with van der Waals surface area (Å²) < 4.78 is 0. The smallest absolute Gasteiger partial charge is 0.00773 e. The summed E-state index contributed by atoms with van der Waals surface area (Å²) in [5.41, 5.74) is 10.2. The summed E-state index contributed by atoms with van der Waals surface area (Å²) in [4.78, 5) is 0. The van der Waals surface area contributed by atoms with Crippen LogP contribution in [-0.2, 0) is 0 Å². The van der Waals surface area contributed by atoms with E-state index in [4.69, 9.17) is 11.5 Å². The molecule has 0 aliphatic rings. The number of rotatable bonds is 4. The standard InChI is InChI=1S/C5H13N.C3H9N/c1-2-3-4-5-6;1-2-3-4/h2-6H2,1H3;2-4H2,1H3. The summed E-state index contributed by atoms with van der Waals surface area (Å²) in [6.07, 6.45) is 4.85. The number of nitrogens with two attached hydrogens (primary N) is 2. The fourth-order valence-electron chi connectivity index (χ4n) is 0.394. The van der Waals surface area contributed by atoms with Gasteiger partial charge in [0.25, 0.3) is 0 Å². The lowest BCUT2D eigenvalue weighted by Gasteiger charge is -1.86. The van der Waals surface area contributed by atoms with Gasteiger partial charge in [-0.05, 0) is 25.9 Å². The molecule has 0 fully saturated rings. The number of hydrogen-bond acceptors (Lipinski definition) is 2. The van der Waals surface area contributed by atoms with Crippen LogP contribution < -0.4 is 11.5 Å². The number of unbranched alkanes of at least 4 members (excludes halogenated alkanes) is 2. The van der Waals surface area contributed by atoms with Crippen molar-refractivity contribution in [2.24, 2.45) is 11.5 Å². The molecule has 0 aromatic carbocycles. The Labute approximate surface area is 65.0 Å². The summed E-state index contributed by atoms with van der Waals surface area (Å²) in [7, 11) is 0. The van der Waals surface area contributed by atoms with E-state index in [2.05, 4.69) is 13.8 Å². The zero-order chi connectivity index (χ0) is 8.24. The van der Waals surface area contributed by atoms with Crippen molar-refractivity contribution < 1.29 is 0 Å². The predicted molar refractivity (Wildman–Crippen MR) is 47.9 cm³/mol. The second kappa shape index (κ2) is 16.0. The van der Waals surface area contributed by atoms with Crippen LogP contribution in [0.15, 0.2) is 0 Å². The first-order valence-electron chi connectivity index (χ1n) is 4.23. The van der Waals surface area contributed by atoms with E-state index in [1.165, 1.54) is 19.3 Å². The molecule has 0 saturated heterocycles. The van der Waals surface area contributed by atoms with Gasteiger partial charge in [-0.2, -0.15) is 0 Å². The lowest BCUT2D eigenvalue weighted by atomic mass is 10.3. The van der Waals surface area contributed by atoms with Gasteiger partial charge in [0.15, 0.2) is 0 Å². The Bertz CT molecular complexity index is 32.2. The molecule has 64 valence electrons. The van der Waals surface area contributed by atoms with Gasteiger partial charge in [-0.15, -0.1) is 0 Å². The largest absolute Gasteiger partial charge is 0.330 e. The van der Waals surface area contributed by atoms with Gasteiger partial charge in [-0.25, -0.2) is 0 Å². The molecule has 0 heterocycles. The minimum Gasteiger partial charge on any atom is -0.330 e. The normalized spacial score (nSPS) is 8.40. The third-order valence-electron chi connectivity index (χ3n) is 1.10. The van der Waals surface area contributed by atoms with Crippen LogP contribution in [0.3, 0.4) is 0 Å². The molecular formula is C8H22N2. The molecule has 2 heteroatoms. The molecule has 0 amide bonds. The average Bonchev–Trinajstić information content (AvgIpc) is 2.01. The van der Waals surface area contributed by atoms with Gasteiger partial charge < -0.3 is 11.5 Å². The molecule has 0 aromatic rings. The summed E-state index contributed by atoms with van der Waals surface area (Å²) in [5, 5.41) is 0. The van der Waals surface area contributed by atoms with Gasteiger partial charge in [-0.1, -0.05) is 26.7 Å². The first-order valence-corrected chi connectivity index (χ1v) is 4.23. The van der Waals surface area contributed by atoms with Crippen LogP contribution in [0.25, 0.3) is 0 Å². The van der Waals surface area contributed by atoms with Crippen LogP contribution in [-0.4, -0.2) is 13.1 Å². The van der Waals surface area contributed by atoms with Crippen LogP contribution >= 0.6 is 0 Å². The van der Waals surface area contributed by atoms with E-state index in [1.54, 1.807) is 0 Å². The highest BCUT2D eigenvalue weighted by Crippen LogP contribution is 1.88. The van der Waals surface area contributed by atoms with E-state index in [0.29, 0.717) is 0 Å². The van der Waals surface area contributed by atoms with Crippen molar-refractivity contribution >= 4 is 0 Å². The van der Waals surface area contributed by atoms with Crippen molar-refractivity contribution in [1.29, 1.82) is 0 Å². The Balaban J connectivity index is 0. The molecule has 0 radical (unpaired) electrons. The molecule has 4 N–H and O–H groups in total. The van der Waals surface area contributed by atoms with Crippen molar-refractivity contribution in [3.05, 3.63) is 0 Å². The zero-order valence-electron chi connectivity index (χ0n) is 7.40. The van der Waals surface area contributed by atoms with Crippen LogP contribution in [0.5, 0.6) is 0 Å². The zero-order valence-corrected chi connectivity index (χ0v) is 7.40.